The maximum absolute atomic E-state index is 11.2. The number of hydrogen-bond acceptors (Lipinski definition) is 3. The molecule has 2 aliphatic heterocycles. The molecule has 0 aliphatic carbocycles. The molecular weight excluding hydrogens is 180 g/mol. The molecule has 80 valence electrons. The second-order valence-electron chi connectivity index (χ2n) is 4.14. The highest BCUT2D eigenvalue weighted by Crippen LogP contribution is 2.24. The molecule has 0 radical (unpaired) electrons. The fraction of sp³-hybridized carbons (Fsp3) is 0.900. The first-order valence-electron chi connectivity index (χ1n) is 5.42. The third kappa shape index (κ3) is 1.91. The van der Waals surface area contributed by atoms with Crippen molar-refractivity contribution in [2.75, 3.05) is 19.8 Å². The van der Waals surface area contributed by atoms with E-state index in [0.29, 0.717) is 6.04 Å². The number of carbonyl (C=O) groups excluding carboxylic acids is 1. The van der Waals surface area contributed by atoms with Gasteiger partial charge in [-0.15, -0.1) is 0 Å². The fourth-order valence-electron chi connectivity index (χ4n) is 2.55. The lowest BCUT2D eigenvalue weighted by Crippen LogP contribution is -2.47. The van der Waals surface area contributed by atoms with Crippen LogP contribution in [0.25, 0.3) is 0 Å². The molecule has 2 fully saturated rings. The van der Waals surface area contributed by atoms with E-state index < -0.39 is 0 Å². The van der Waals surface area contributed by atoms with Crippen molar-refractivity contribution in [3.63, 3.8) is 0 Å². The van der Waals surface area contributed by atoms with Gasteiger partial charge in [0, 0.05) is 19.3 Å². The van der Waals surface area contributed by atoms with E-state index >= 15 is 0 Å². The first kappa shape index (κ1) is 9.93. The smallest absolute Gasteiger partial charge is 0.234 e. The van der Waals surface area contributed by atoms with Crippen molar-refractivity contribution in [2.24, 2.45) is 5.73 Å². The molecule has 0 unspecified atom stereocenters. The summed E-state index contributed by atoms with van der Waals surface area (Å²) in [6, 6.07) is 0.502. The highest BCUT2D eigenvalue weighted by atomic mass is 16.5. The number of hydrogen-bond donors (Lipinski definition) is 1. The first-order valence-corrected chi connectivity index (χ1v) is 5.42. The Morgan fingerprint density at radius 2 is 2.00 bits per heavy atom. The van der Waals surface area contributed by atoms with Crippen LogP contribution in [0.3, 0.4) is 0 Å². The number of nitrogens with two attached hydrogens (primary N) is 1. The topological polar surface area (TPSA) is 55.6 Å². The van der Waals surface area contributed by atoms with Gasteiger partial charge < -0.3 is 10.5 Å². The zero-order valence-electron chi connectivity index (χ0n) is 8.45. The van der Waals surface area contributed by atoms with E-state index in [0.717, 1.165) is 45.4 Å². The van der Waals surface area contributed by atoms with Gasteiger partial charge in [0.25, 0.3) is 0 Å². The molecule has 0 spiro atoms. The van der Waals surface area contributed by atoms with Crippen LogP contribution in [0.4, 0.5) is 0 Å². The second-order valence-corrected chi connectivity index (χ2v) is 4.14. The summed E-state index contributed by atoms with van der Waals surface area (Å²) in [5, 5.41) is 0. The van der Waals surface area contributed by atoms with Crippen molar-refractivity contribution >= 4 is 5.91 Å². The summed E-state index contributed by atoms with van der Waals surface area (Å²) in [5.41, 5.74) is 5.38. The summed E-state index contributed by atoms with van der Waals surface area (Å²) in [7, 11) is 0. The molecule has 4 heteroatoms. The van der Waals surface area contributed by atoms with E-state index in [2.05, 4.69) is 4.90 Å². The van der Waals surface area contributed by atoms with Crippen LogP contribution in [0.2, 0.25) is 0 Å². The lowest BCUT2D eigenvalue weighted by molar-refractivity contribution is -0.123. The molecule has 2 heterocycles. The average Bonchev–Trinajstić information content (AvgIpc) is 2.67. The third-order valence-electron chi connectivity index (χ3n) is 3.28. The van der Waals surface area contributed by atoms with Crippen LogP contribution >= 0.6 is 0 Å². The molecule has 14 heavy (non-hydrogen) atoms. The zero-order valence-corrected chi connectivity index (χ0v) is 8.45. The number of nitrogens with zero attached hydrogens (tertiary/aromatic N) is 1. The van der Waals surface area contributed by atoms with E-state index in [4.69, 9.17) is 10.5 Å². The highest BCUT2D eigenvalue weighted by molar-refractivity contribution is 5.80. The van der Waals surface area contributed by atoms with Gasteiger partial charge in [-0.3, -0.25) is 9.69 Å². The standard InChI is InChI=1S/C10H18N2O2/c11-10(13)9-2-1-5-12(9)8-3-6-14-7-4-8/h8-9H,1-7H2,(H2,11,13)/t9-/m0/s1. The molecule has 0 aromatic heterocycles. The molecule has 0 saturated carbocycles. The highest BCUT2D eigenvalue weighted by Gasteiger charge is 2.34. The van der Waals surface area contributed by atoms with E-state index in [1.807, 2.05) is 0 Å². The Kier molecular flexibility index (Phi) is 3.03. The van der Waals surface area contributed by atoms with Gasteiger partial charge in [0.1, 0.15) is 0 Å². The van der Waals surface area contributed by atoms with Gasteiger partial charge in [0.15, 0.2) is 0 Å². The Morgan fingerprint density at radius 3 is 2.64 bits per heavy atom. The summed E-state index contributed by atoms with van der Waals surface area (Å²) >= 11 is 0. The summed E-state index contributed by atoms with van der Waals surface area (Å²) in [5.74, 6) is -0.158. The van der Waals surface area contributed by atoms with Gasteiger partial charge >= 0.3 is 0 Å². The molecule has 0 bridgehead atoms. The Morgan fingerprint density at radius 1 is 1.29 bits per heavy atom. The van der Waals surface area contributed by atoms with Crippen molar-refractivity contribution in [1.29, 1.82) is 0 Å². The van der Waals surface area contributed by atoms with Gasteiger partial charge in [-0.2, -0.15) is 0 Å². The van der Waals surface area contributed by atoms with Gasteiger partial charge in [0.2, 0.25) is 5.91 Å². The lowest BCUT2D eigenvalue weighted by Gasteiger charge is -2.34. The normalized spacial score (nSPS) is 30.7. The zero-order chi connectivity index (χ0) is 9.97. The van der Waals surface area contributed by atoms with Crippen molar-refractivity contribution in [2.45, 2.75) is 37.8 Å². The first-order chi connectivity index (χ1) is 6.79. The minimum absolute atomic E-state index is 0.0156. The molecule has 2 aliphatic rings. The van der Waals surface area contributed by atoms with Crippen molar-refractivity contribution < 1.29 is 9.53 Å². The van der Waals surface area contributed by atoms with Crippen LogP contribution < -0.4 is 5.73 Å². The molecule has 2 N–H and O–H groups in total. The minimum atomic E-state index is -0.158. The van der Waals surface area contributed by atoms with Gasteiger partial charge in [-0.05, 0) is 32.2 Å². The number of primary amides is 1. The molecular formula is C10H18N2O2. The van der Waals surface area contributed by atoms with Crippen LogP contribution in [0.5, 0.6) is 0 Å². The monoisotopic (exact) mass is 198 g/mol. The van der Waals surface area contributed by atoms with Crippen LogP contribution in [-0.4, -0.2) is 42.6 Å². The molecule has 4 nitrogen and oxygen atoms in total. The number of amides is 1. The van der Waals surface area contributed by atoms with E-state index in [1.54, 1.807) is 0 Å². The predicted octanol–water partition coefficient (Wildman–Crippen LogP) is 0.115. The van der Waals surface area contributed by atoms with Crippen molar-refractivity contribution in [3.8, 4) is 0 Å². The molecule has 0 aromatic carbocycles. The van der Waals surface area contributed by atoms with Crippen LogP contribution in [0, 0.1) is 0 Å². The summed E-state index contributed by atoms with van der Waals surface area (Å²) < 4.78 is 5.31. The Bertz CT molecular complexity index is 214. The molecule has 0 aromatic rings. The van der Waals surface area contributed by atoms with E-state index in [9.17, 15) is 4.79 Å². The molecule has 2 rings (SSSR count). The SMILES string of the molecule is NC(=O)[C@@H]1CCCN1C1CCOCC1. The summed E-state index contributed by atoms with van der Waals surface area (Å²) in [4.78, 5) is 13.5. The van der Waals surface area contributed by atoms with Gasteiger partial charge in [-0.1, -0.05) is 0 Å². The lowest BCUT2D eigenvalue weighted by atomic mass is 10.1. The molecule has 2 saturated heterocycles. The maximum atomic E-state index is 11.2. The van der Waals surface area contributed by atoms with E-state index in [-0.39, 0.29) is 11.9 Å². The number of carbonyl (C=O) groups is 1. The van der Waals surface area contributed by atoms with E-state index in [1.165, 1.54) is 0 Å². The third-order valence-corrected chi connectivity index (χ3v) is 3.28. The van der Waals surface area contributed by atoms with Crippen molar-refractivity contribution in [3.05, 3.63) is 0 Å². The van der Waals surface area contributed by atoms with Crippen LogP contribution in [-0.2, 0) is 9.53 Å². The minimum Gasteiger partial charge on any atom is -0.381 e. The van der Waals surface area contributed by atoms with Gasteiger partial charge in [-0.25, -0.2) is 0 Å². The Hall–Kier alpha value is -0.610. The molecule has 1 atom stereocenters. The fourth-order valence-corrected chi connectivity index (χ4v) is 2.55. The number of rotatable bonds is 2. The Labute approximate surface area is 84.4 Å². The maximum Gasteiger partial charge on any atom is 0.234 e. The summed E-state index contributed by atoms with van der Waals surface area (Å²) in [6.07, 6.45) is 4.13. The number of ether oxygens (including phenoxy) is 1. The predicted molar refractivity (Wildman–Crippen MR) is 52.8 cm³/mol. The second kappa shape index (κ2) is 4.28. The van der Waals surface area contributed by atoms with Crippen molar-refractivity contribution in [1.82, 2.24) is 4.90 Å². The van der Waals surface area contributed by atoms with Gasteiger partial charge in [0.05, 0.1) is 6.04 Å². The molecule has 1 amide bonds. The average molecular weight is 198 g/mol. The van der Waals surface area contributed by atoms with Crippen LogP contribution in [0.15, 0.2) is 0 Å². The Balaban J connectivity index is 1.97. The largest absolute Gasteiger partial charge is 0.381 e. The quantitative estimate of drug-likeness (QED) is 0.685. The van der Waals surface area contributed by atoms with Crippen LogP contribution in [0.1, 0.15) is 25.7 Å². The number of likely N-dealkylation sites (tertiary alicyclic amines) is 1. The summed E-state index contributed by atoms with van der Waals surface area (Å²) in [6.45, 7) is 2.68.